The standard InChI is InChI=1S/C8H10.C4H8O2/c1-7-3-5-8(2)6-4-7;1-2-3-4(5)6/h3-6H,1-2H3;2-3H2,1H3,(H,5,6). The van der Waals surface area contributed by atoms with Crippen LogP contribution in [0.4, 0.5) is 0 Å². The predicted octanol–water partition coefficient (Wildman–Crippen LogP) is 3.17. The third kappa shape index (κ3) is 7.35. The maximum absolute atomic E-state index is 9.60. The van der Waals surface area contributed by atoms with E-state index in [-0.39, 0.29) is 0 Å². The summed E-state index contributed by atoms with van der Waals surface area (Å²) in [5.74, 6) is -0.711. The fraction of sp³-hybridized carbons (Fsp3) is 0.417. The van der Waals surface area contributed by atoms with Crippen molar-refractivity contribution in [2.75, 3.05) is 0 Å². The molecule has 1 N–H and O–H groups in total. The van der Waals surface area contributed by atoms with Gasteiger partial charge in [0.15, 0.2) is 0 Å². The lowest BCUT2D eigenvalue weighted by atomic mass is 10.2. The third-order valence-corrected chi connectivity index (χ3v) is 1.68. The highest BCUT2D eigenvalue weighted by molar-refractivity contribution is 5.66. The van der Waals surface area contributed by atoms with Crippen LogP contribution < -0.4 is 0 Å². The van der Waals surface area contributed by atoms with E-state index in [2.05, 4.69) is 38.1 Å². The number of hydrogen-bond donors (Lipinski definition) is 1. The fourth-order valence-corrected chi connectivity index (χ4v) is 0.851. The molecule has 0 fully saturated rings. The van der Waals surface area contributed by atoms with E-state index in [1.807, 2.05) is 6.92 Å². The molecule has 2 nitrogen and oxygen atoms in total. The van der Waals surface area contributed by atoms with Crippen LogP contribution in [0, 0.1) is 13.8 Å². The van der Waals surface area contributed by atoms with Crippen LogP contribution in [-0.4, -0.2) is 11.1 Å². The molecule has 0 unspecified atom stereocenters. The Balaban J connectivity index is 0.000000255. The van der Waals surface area contributed by atoms with Gasteiger partial charge in [-0.15, -0.1) is 0 Å². The van der Waals surface area contributed by atoms with Crippen LogP contribution in [0.2, 0.25) is 0 Å². The average Bonchev–Trinajstić information content (AvgIpc) is 2.11. The summed E-state index contributed by atoms with van der Waals surface area (Å²) in [5.41, 5.74) is 2.66. The van der Waals surface area contributed by atoms with Gasteiger partial charge < -0.3 is 5.11 Å². The van der Waals surface area contributed by atoms with E-state index in [0.29, 0.717) is 6.42 Å². The zero-order valence-electron chi connectivity index (χ0n) is 9.08. The molecule has 0 saturated carbocycles. The second-order valence-corrected chi connectivity index (χ2v) is 3.30. The summed E-state index contributed by atoms with van der Waals surface area (Å²) in [6, 6.07) is 8.48. The molecule has 0 aliphatic rings. The number of carbonyl (C=O) groups is 1. The highest BCUT2D eigenvalue weighted by atomic mass is 16.4. The highest BCUT2D eigenvalue weighted by Crippen LogP contribution is 1.99. The Morgan fingerprint density at radius 1 is 1.14 bits per heavy atom. The monoisotopic (exact) mass is 194 g/mol. The minimum absolute atomic E-state index is 0.292. The molecule has 78 valence electrons. The summed E-state index contributed by atoms with van der Waals surface area (Å²) >= 11 is 0. The van der Waals surface area contributed by atoms with Gasteiger partial charge in [-0.05, 0) is 20.3 Å². The van der Waals surface area contributed by atoms with Crippen LogP contribution in [-0.2, 0) is 4.79 Å². The van der Waals surface area contributed by atoms with Gasteiger partial charge in [0.25, 0.3) is 0 Å². The molecule has 1 aromatic rings. The van der Waals surface area contributed by atoms with Crippen LogP contribution in [0.3, 0.4) is 0 Å². The SMILES string of the molecule is CCCC(=O)O.Cc1ccc(C)cc1. The summed E-state index contributed by atoms with van der Waals surface area (Å²) in [6.07, 6.45) is 1.02. The molecule has 0 bridgehead atoms. The van der Waals surface area contributed by atoms with Gasteiger partial charge in [0, 0.05) is 6.42 Å². The minimum atomic E-state index is -0.711. The van der Waals surface area contributed by atoms with Gasteiger partial charge in [0.2, 0.25) is 0 Å². The van der Waals surface area contributed by atoms with Crippen molar-refractivity contribution >= 4 is 5.97 Å². The van der Waals surface area contributed by atoms with E-state index in [1.54, 1.807) is 0 Å². The smallest absolute Gasteiger partial charge is 0.303 e. The molecule has 2 heteroatoms. The zero-order valence-corrected chi connectivity index (χ0v) is 9.08. The Morgan fingerprint density at radius 3 is 1.64 bits per heavy atom. The van der Waals surface area contributed by atoms with Crippen LogP contribution in [0.25, 0.3) is 0 Å². The quantitative estimate of drug-likeness (QED) is 0.785. The zero-order chi connectivity index (χ0) is 11.0. The van der Waals surface area contributed by atoms with Crippen molar-refractivity contribution in [1.29, 1.82) is 0 Å². The van der Waals surface area contributed by atoms with E-state index in [9.17, 15) is 4.79 Å². The Hall–Kier alpha value is -1.31. The number of rotatable bonds is 2. The fourth-order valence-electron chi connectivity index (χ4n) is 0.851. The van der Waals surface area contributed by atoms with Crippen LogP contribution in [0.5, 0.6) is 0 Å². The first-order valence-corrected chi connectivity index (χ1v) is 4.81. The number of benzene rings is 1. The second kappa shape index (κ2) is 7.13. The van der Waals surface area contributed by atoms with Gasteiger partial charge >= 0.3 is 5.97 Å². The molecule has 14 heavy (non-hydrogen) atoms. The molecule has 1 aromatic carbocycles. The molecular weight excluding hydrogens is 176 g/mol. The van der Waals surface area contributed by atoms with Gasteiger partial charge in [-0.1, -0.05) is 42.3 Å². The third-order valence-electron chi connectivity index (χ3n) is 1.68. The molecule has 0 heterocycles. The van der Waals surface area contributed by atoms with E-state index >= 15 is 0 Å². The maximum Gasteiger partial charge on any atom is 0.303 e. The Bertz CT molecular complexity index is 241. The minimum Gasteiger partial charge on any atom is -0.481 e. The Kier molecular flexibility index (Phi) is 6.46. The van der Waals surface area contributed by atoms with E-state index in [4.69, 9.17) is 5.11 Å². The van der Waals surface area contributed by atoms with E-state index in [0.717, 1.165) is 6.42 Å². The summed E-state index contributed by atoms with van der Waals surface area (Å²) < 4.78 is 0. The molecule has 0 atom stereocenters. The van der Waals surface area contributed by atoms with Crippen molar-refractivity contribution in [3.05, 3.63) is 35.4 Å². The van der Waals surface area contributed by atoms with Crippen molar-refractivity contribution in [3.8, 4) is 0 Å². The second-order valence-electron chi connectivity index (χ2n) is 3.30. The van der Waals surface area contributed by atoms with Crippen molar-refractivity contribution in [2.45, 2.75) is 33.6 Å². The first kappa shape index (κ1) is 12.7. The number of carboxylic acids is 1. The lowest BCUT2D eigenvalue weighted by Gasteiger charge is -1.90. The van der Waals surface area contributed by atoms with Gasteiger partial charge in [-0.3, -0.25) is 4.79 Å². The van der Waals surface area contributed by atoms with Gasteiger partial charge in [-0.25, -0.2) is 0 Å². The molecule has 0 aromatic heterocycles. The molecule has 1 rings (SSSR count). The number of carboxylic acid groups (broad SMARTS) is 1. The highest BCUT2D eigenvalue weighted by Gasteiger charge is 1.87. The maximum atomic E-state index is 9.60. The number of hydrogen-bond acceptors (Lipinski definition) is 1. The van der Waals surface area contributed by atoms with Crippen LogP contribution >= 0.6 is 0 Å². The average molecular weight is 194 g/mol. The summed E-state index contributed by atoms with van der Waals surface area (Å²) in [4.78, 5) is 9.60. The summed E-state index contributed by atoms with van der Waals surface area (Å²) in [5, 5.41) is 7.91. The summed E-state index contributed by atoms with van der Waals surface area (Å²) in [6.45, 7) is 6.03. The molecular formula is C12H18O2. The normalized spacial score (nSPS) is 8.79. The van der Waals surface area contributed by atoms with Crippen molar-refractivity contribution in [2.24, 2.45) is 0 Å². The van der Waals surface area contributed by atoms with Crippen LogP contribution in [0.15, 0.2) is 24.3 Å². The van der Waals surface area contributed by atoms with Gasteiger partial charge in [0.05, 0.1) is 0 Å². The van der Waals surface area contributed by atoms with E-state index in [1.165, 1.54) is 11.1 Å². The van der Waals surface area contributed by atoms with Crippen molar-refractivity contribution < 1.29 is 9.90 Å². The summed E-state index contributed by atoms with van der Waals surface area (Å²) in [7, 11) is 0. The first-order chi connectivity index (χ1) is 6.56. The molecule has 0 radical (unpaired) electrons. The Labute approximate surface area is 85.6 Å². The number of aliphatic carboxylic acids is 1. The van der Waals surface area contributed by atoms with Crippen molar-refractivity contribution in [1.82, 2.24) is 0 Å². The lowest BCUT2D eigenvalue weighted by Crippen LogP contribution is -1.90. The molecule has 0 aliphatic heterocycles. The topological polar surface area (TPSA) is 37.3 Å². The van der Waals surface area contributed by atoms with Crippen LogP contribution in [0.1, 0.15) is 30.9 Å². The van der Waals surface area contributed by atoms with Gasteiger partial charge in [0.1, 0.15) is 0 Å². The molecule has 0 saturated heterocycles. The Morgan fingerprint density at radius 2 is 1.50 bits per heavy atom. The van der Waals surface area contributed by atoms with Crippen molar-refractivity contribution in [3.63, 3.8) is 0 Å². The van der Waals surface area contributed by atoms with E-state index < -0.39 is 5.97 Å². The molecule has 0 aliphatic carbocycles. The predicted molar refractivity (Wildman–Crippen MR) is 58.5 cm³/mol. The molecule has 0 amide bonds. The first-order valence-electron chi connectivity index (χ1n) is 4.81. The largest absolute Gasteiger partial charge is 0.481 e. The van der Waals surface area contributed by atoms with Gasteiger partial charge in [-0.2, -0.15) is 0 Å². The number of aryl methyl sites for hydroxylation is 2. The molecule has 0 spiro atoms. The lowest BCUT2D eigenvalue weighted by molar-refractivity contribution is -0.137.